The number of pyridine rings is 1. The molecule has 29 heavy (non-hydrogen) atoms. The number of esters is 1. The molecule has 0 unspecified atom stereocenters. The molecule has 4 rings (SSSR count). The maximum atomic E-state index is 12.1. The Morgan fingerprint density at radius 1 is 1.14 bits per heavy atom. The molecule has 4 aromatic rings. The molecule has 0 aliphatic rings. The lowest BCUT2D eigenvalue weighted by Crippen LogP contribution is -2.16. The van der Waals surface area contributed by atoms with Crippen LogP contribution in [0.15, 0.2) is 64.0 Å². The van der Waals surface area contributed by atoms with E-state index < -0.39 is 5.97 Å². The van der Waals surface area contributed by atoms with Gasteiger partial charge in [0, 0.05) is 24.2 Å². The molecule has 0 aliphatic heterocycles. The van der Waals surface area contributed by atoms with E-state index in [1.54, 1.807) is 12.1 Å². The second-order valence-electron chi connectivity index (χ2n) is 6.20. The third-order valence-electron chi connectivity index (χ3n) is 4.10. The Kier molecular flexibility index (Phi) is 5.35. The third kappa shape index (κ3) is 4.49. The van der Waals surface area contributed by atoms with Gasteiger partial charge in [-0.3, -0.25) is 14.0 Å². The fourth-order valence-electron chi connectivity index (χ4n) is 2.70. The van der Waals surface area contributed by atoms with Crippen LogP contribution in [0.5, 0.6) is 0 Å². The molecule has 0 amide bonds. The van der Waals surface area contributed by atoms with Crippen molar-refractivity contribution in [3.63, 3.8) is 0 Å². The molecule has 0 fully saturated rings. The highest BCUT2D eigenvalue weighted by molar-refractivity contribution is 6.30. The van der Waals surface area contributed by atoms with E-state index in [2.05, 4.69) is 15.1 Å². The van der Waals surface area contributed by atoms with Gasteiger partial charge in [0.25, 0.3) is 5.56 Å². The molecular formula is C20H15ClN4O4. The molecule has 3 heterocycles. The Morgan fingerprint density at radius 2 is 1.97 bits per heavy atom. The monoisotopic (exact) mass is 410 g/mol. The second-order valence-corrected chi connectivity index (χ2v) is 6.64. The van der Waals surface area contributed by atoms with Crippen molar-refractivity contribution in [1.82, 2.24) is 19.5 Å². The molecule has 1 aromatic carbocycles. The van der Waals surface area contributed by atoms with E-state index in [-0.39, 0.29) is 25.0 Å². The standard InChI is InChI=1S/C20H15ClN4O4/c21-14-6-7-16-22-15(10-18(26)25(16)11-14)12-28-19(27)9-8-17-23-20(24-29-17)13-4-2-1-3-5-13/h1-7,10-11H,8-9,12H2. The number of hydrogen-bond acceptors (Lipinski definition) is 7. The van der Waals surface area contributed by atoms with Gasteiger partial charge in [-0.1, -0.05) is 47.1 Å². The minimum absolute atomic E-state index is 0.0680. The van der Waals surface area contributed by atoms with Crippen molar-refractivity contribution in [1.29, 1.82) is 0 Å². The summed E-state index contributed by atoms with van der Waals surface area (Å²) in [5, 5.41) is 4.34. The lowest BCUT2D eigenvalue weighted by atomic mass is 10.2. The van der Waals surface area contributed by atoms with Gasteiger partial charge in [0.1, 0.15) is 12.3 Å². The van der Waals surface area contributed by atoms with Crippen LogP contribution in [0.2, 0.25) is 5.02 Å². The van der Waals surface area contributed by atoms with E-state index in [0.29, 0.717) is 28.1 Å². The highest BCUT2D eigenvalue weighted by Gasteiger charge is 2.12. The number of carbonyl (C=O) groups excluding carboxylic acids is 1. The van der Waals surface area contributed by atoms with Gasteiger partial charge in [0.05, 0.1) is 17.1 Å². The molecule has 0 saturated carbocycles. The third-order valence-corrected chi connectivity index (χ3v) is 4.32. The molecule has 146 valence electrons. The zero-order valence-electron chi connectivity index (χ0n) is 15.1. The summed E-state index contributed by atoms with van der Waals surface area (Å²) < 4.78 is 11.7. The molecule has 0 spiro atoms. The summed E-state index contributed by atoms with van der Waals surface area (Å²) >= 11 is 5.88. The average Bonchev–Trinajstić information content (AvgIpc) is 3.21. The largest absolute Gasteiger partial charge is 0.459 e. The Hall–Kier alpha value is -3.52. The highest BCUT2D eigenvalue weighted by Crippen LogP contribution is 2.15. The van der Waals surface area contributed by atoms with Crippen molar-refractivity contribution in [2.45, 2.75) is 19.4 Å². The molecule has 0 radical (unpaired) electrons. The van der Waals surface area contributed by atoms with E-state index in [1.807, 2.05) is 30.3 Å². The van der Waals surface area contributed by atoms with E-state index in [1.165, 1.54) is 16.7 Å². The number of halogens is 1. The molecule has 0 saturated heterocycles. The molecule has 0 atom stereocenters. The molecular weight excluding hydrogens is 396 g/mol. The summed E-state index contributed by atoms with van der Waals surface area (Å²) in [6.45, 7) is -0.105. The fraction of sp³-hybridized carbons (Fsp3) is 0.150. The van der Waals surface area contributed by atoms with Gasteiger partial charge in [0.2, 0.25) is 11.7 Å². The molecule has 0 bridgehead atoms. The van der Waals surface area contributed by atoms with Gasteiger partial charge < -0.3 is 9.26 Å². The first-order valence-electron chi connectivity index (χ1n) is 8.80. The Balaban J connectivity index is 1.34. The number of nitrogens with zero attached hydrogens (tertiary/aromatic N) is 4. The SMILES string of the molecule is O=C(CCc1nc(-c2ccccc2)no1)OCc1cc(=O)n2cc(Cl)ccc2n1. The van der Waals surface area contributed by atoms with E-state index in [0.717, 1.165) is 5.56 Å². The number of aryl methyl sites for hydroxylation is 1. The summed E-state index contributed by atoms with van der Waals surface area (Å²) in [4.78, 5) is 32.7. The maximum Gasteiger partial charge on any atom is 0.306 e. The van der Waals surface area contributed by atoms with Gasteiger partial charge >= 0.3 is 5.97 Å². The summed E-state index contributed by atoms with van der Waals surface area (Å²) in [7, 11) is 0. The predicted molar refractivity (Wildman–Crippen MR) is 104 cm³/mol. The summed E-state index contributed by atoms with van der Waals surface area (Å²) in [6, 6.07) is 14.0. The van der Waals surface area contributed by atoms with Crippen molar-refractivity contribution in [3.8, 4) is 11.4 Å². The minimum Gasteiger partial charge on any atom is -0.459 e. The number of rotatable bonds is 6. The molecule has 8 nitrogen and oxygen atoms in total. The number of carbonyl (C=O) groups is 1. The molecule has 3 aromatic heterocycles. The average molecular weight is 411 g/mol. The van der Waals surface area contributed by atoms with Gasteiger partial charge in [-0.15, -0.1) is 0 Å². The van der Waals surface area contributed by atoms with Gasteiger partial charge in [-0.05, 0) is 12.1 Å². The van der Waals surface area contributed by atoms with Crippen molar-refractivity contribution in [3.05, 3.63) is 81.7 Å². The highest BCUT2D eigenvalue weighted by atomic mass is 35.5. The molecule has 0 N–H and O–H groups in total. The van der Waals surface area contributed by atoms with Gasteiger partial charge in [0.15, 0.2) is 0 Å². The van der Waals surface area contributed by atoms with Crippen LogP contribution in [-0.2, 0) is 22.6 Å². The van der Waals surface area contributed by atoms with Gasteiger partial charge in [-0.25, -0.2) is 4.98 Å². The van der Waals surface area contributed by atoms with E-state index >= 15 is 0 Å². The smallest absolute Gasteiger partial charge is 0.306 e. The molecule has 0 aliphatic carbocycles. The first kappa shape index (κ1) is 18.8. The zero-order valence-corrected chi connectivity index (χ0v) is 15.9. The summed E-state index contributed by atoms with van der Waals surface area (Å²) in [5.41, 5.74) is 1.31. The Labute approximate surface area is 169 Å². The van der Waals surface area contributed by atoms with Gasteiger partial charge in [-0.2, -0.15) is 4.98 Å². The van der Waals surface area contributed by atoms with Crippen molar-refractivity contribution in [2.75, 3.05) is 0 Å². The first-order chi connectivity index (χ1) is 14.1. The lowest BCUT2D eigenvalue weighted by molar-refractivity contribution is -0.145. The molecule has 9 heteroatoms. The van der Waals surface area contributed by atoms with Crippen molar-refractivity contribution < 1.29 is 14.1 Å². The van der Waals surface area contributed by atoms with Crippen LogP contribution in [0, 0.1) is 0 Å². The van der Waals surface area contributed by atoms with Crippen LogP contribution in [-0.4, -0.2) is 25.5 Å². The lowest BCUT2D eigenvalue weighted by Gasteiger charge is -2.05. The van der Waals surface area contributed by atoms with Crippen molar-refractivity contribution in [2.24, 2.45) is 0 Å². The second kappa shape index (κ2) is 8.24. The summed E-state index contributed by atoms with van der Waals surface area (Å²) in [5.74, 6) is 0.359. The Bertz CT molecular complexity index is 1220. The maximum absolute atomic E-state index is 12.1. The quantitative estimate of drug-likeness (QED) is 0.450. The number of benzene rings is 1. The zero-order chi connectivity index (χ0) is 20.2. The van der Waals surface area contributed by atoms with E-state index in [4.69, 9.17) is 20.9 Å². The van der Waals surface area contributed by atoms with Crippen LogP contribution >= 0.6 is 11.6 Å². The normalized spacial score (nSPS) is 10.9. The topological polar surface area (TPSA) is 99.6 Å². The van der Waals surface area contributed by atoms with Crippen LogP contribution in [0.1, 0.15) is 18.0 Å². The van der Waals surface area contributed by atoms with Crippen LogP contribution in [0.4, 0.5) is 0 Å². The van der Waals surface area contributed by atoms with Crippen molar-refractivity contribution >= 4 is 23.2 Å². The number of hydrogen-bond donors (Lipinski definition) is 0. The fourth-order valence-corrected chi connectivity index (χ4v) is 2.86. The van der Waals surface area contributed by atoms with Crippen LogP contribution < -0.4 is 5.56 Å². The number of ether oxygens (including phenoxy) is 1. The number of fused-ring (bicyclic) bond motifs is 1. The number of aromatic nitrogens is 4. The predicted octanol–water partition coefficient (Wildman–Crippen LogP) is 3.07. The summed E-state index contributed by atoms with van der Waals surface area (Å²) in [6.07, 6.45) is 1.81. The van der Waals surface area contributed by atoms with Crippen LogP contribution in [0.3, 0.4) is 0 Å². The van der Waals surface area contributed by atoms with E-state index in [9.17, 15) is 9.59 Å². The first-order valence-corrected chi connectivity index (χ1v) is 9.18. The van der Waals surface area contributed by atoms with Crippen LogP contribution in [0.25, 0.3) is 17.0 Å². The minimum atomic E-state index is -0.456. The Morgan fingerprint density at radius 3 is 2.79 bits per heavy atom.